The Morgan fingerprint density at radius 1 is 0.500 bits per heavy atom. The second kappa shape index (κ2) is 7.13. The van der Waals surface area contributed by atoms with Crippen molar-refractivity contribution in [3.63, 3.8) is 0 Å². The van der Waals surface area contributed by atoms with E-state index < -0.39 is 17.9 Å². The summed E-state index contributed by atoms with van der Waals surface area (Å²) in [6.07, 6.45) is 0. The SMILES string of the molecule is O=C(O)c1ccc(-c2cc(-c3ccc(C(=O)O)o3)cc(-c3ccc(C(=O)O)o3)c2)o1. The fourth-order valence-electron chi connectivity index (χ4n) is 2.88. The molecule has 4 aromatic rings. The van der Waals surface area contributed by atoms with Gasteiger partial charge in [-0.15, -0.1) is 0 Å². The van der Waals surface area contributed by atoms with Crippen LogP contribution in [0, 0.1) is 0 Å². The predicted molar refractivity (Wildman–Crippen MR) is 100 cm³/mol. The molecule has 0 amide bonds. The van der Waals surface area contributed by atoms with Crippen molar-refractivity contribution < 1.29 is 43.0 Å². The van der Waals surface area contributed by atoms with E-state index in [2.05, 4.69) is 0 Å². The van der Waals surface area contributed by atoms with E-state index in [0.717, 1.165) is 0 Å². The van der Waals surface area contributed by atoms with Crippen LogP contribution in [0.5, 0.6) is 0 Å². The molecule has 0 fully saturated rings. The topological polar surface area (TPSA) is 151 Å². The molecule has 3 heterocycles. The third-order valence-corrected chi connectivity index (χ3v) is 4.24. The van der Waals surface area contributed by atoms with E-state index in [1.54, 1.807) is 18.2 Å². The van der Waals surface area contributed by atoms with E-state index in [1.807, 2.05) is 0 Å². The first-order valence-corrected chi connectivity index (χ1v) is 8.47. The highest BCUT2D eigenvalue weighted by atomic mass is 16.4. The molecule has 0 saturated carbocycles. The summed E-state index contributed by atoms with van der Waals surface area (Å²) in [5.41, 5.74) is 1.37. The van der Waals surface area contributed by atoms with Gasteiger partial charge in [0.1, 0.15) is 17.3 Å². The van der Waals surface area contributed by atoms with Crippen LogP contribution in [0.1, 0.15) is 31.7 Å². The van der Waals surface area contributed by atoms with Gasteiger partial charge in [0.15, 0.2) is 0 Å². The minimum Gasteiger partial charge on any atom is -0.475 e. The van der Waals surface area contributed by atoms with Crippen LogP contribution in [-0.2, 0) is 0 Å². The Balaban J connectivity index is 1.86. The maximum Gasteiger partial charge on any atom is 0.371 e. The molecule has 0 saturated heterocycles. The smallest absolute Gasteiger partial charge is 0.371 e. The second-order valence-corrected chi connectivity index (χ2v) is 6.21. The predicted octanol–water partition coefficient (Wildman–Crippen LogP) is 4.56. The number of benzene rings is 1. The maximum atomic E-state index is 11.1. The highest BCUT2D eigenvalue weighted by Gasteiger charge is 2.18. The molecule has 0 bridgehead atoms. The molecule has 150 valence electrons. The molecule has 0 aliphatic rings. The zero-order valence-electron chi connectivity index (χ0n) is 15.0. The van der Waals surface area contributed by atoms with E-state index in [4.69, 9.17) is 28.6 Å². The molecule has 0 unspecified atom stereocenters. The lowest BCUT2D eigenvalue weighted by Gasteiger charge is -2.06. The van der Waals surface area contributed by atoms with Crippen LogP contribution >= 0.6 is 0 Å². The van der Waals surface area contributed by atoms with Gasteiger partial charge in [0.25, 0.3) is 0 Å². The number of furan rings is 3. The molecular formula is C21H12O9. The summed E-state index contributed by atoms with van der Waals surface area (Å²) < 4.78 is 16.1. The minimum absolute atomic E-state index is 0.241. The lowest BCUT2D eigenvalue weighted by molar-refractivity contribution is 0.0653. The van der Waals surface area contributed by atoms with Crippen LogP contribution in [0.4, 0.5) is 0 Å². The fourth-order valence-corrected chi connectivity index (χ4v) is 2.88. The van der Waals surface area contributed by atoms with E-state index in [0.29, 0.717) is 16.7 Å². The van der Waals surface area contributed by atoms with Gasteiger partial charge in [-0.1, -0.05) is 0 Å². The highest BCUT2D eigenvalue weighted by molar-refractivity contribution is 5.88. The summed E-state index contributed by atoms with van der Waals surface area (Å²) >= 11 is 0. The Morgan fingerprint density at radius 3 is 0.967 bits per heavy atom. The fraction of sp³-hybridized carbons (Fsp3) is 0. The van der Waals surface area contributed by atoms with Crippen LogP contribution in [0.3, 0.4) is 0 Å². The molecule has 9 heteroatoms. The molecule has 0 spiro atoms. The van der Waals surface area contributed by atoms with E-state index >= 15 is 0 Å². The molecule has 0 aliphatic heterocycles. The molecule has 0 radical (unpaired) electrons. The van der Waals surface area contributed by atoms with Crippen LogP contribution < -0.4 is 0 Å². The van der Waals surface area contributed by atoms with Gasteiger partial charge in [0.05, 0.1) is 0 Å². The summed E-state index contributed by atoms with van der Waals surface area (Å²) in [7, 11) is 0. The summed E-state index contributed by atoms with van der Waals surface area (Å²) in [5, 5.41) is 27.3. The van der Waals surface area contributed by atoms with Crippen LogP contribution in [0.2, 0.25) is 0 Å². The largest absolute Gasteiger partial charge is 0.475 e. The molecule has 30 heavy (non-hydrogen) atoms. The maximum absolute atomic E-state index is 11.1. The number of carboxylic acids is 3. The molecule has 0 atom stereocenters. The third kappa shape index (κ3) is 3.47. The van der Waals surface area contributed by atoms with Crippen molar-refractivity contribution in [1.29, 1.82) is 0 Å². The molecule has 3 N–H and O–H groups in total. The van der Waals surface area contributed by atoms with Gasteiger partial charge in [0, 0.05) is 16.7 Å². The molecule has 0 aliphatic carbocycles. The average molecular weight is 408 g/mol. The van der Waals surface area contributed by atoms with Crippen molar-refractivity contribution >= 4 is 17.9 Å². The Hall–Kier alpha value is -4.53. The van der Waals surface area contributed by atoms with E-state index in [-0.39, 0.29) is 34.6 Å². The highest BCUT2D eigenvalue weighted by Crippen LogP contribution is 2.35. The number of carboxylic acid groups (broad SMARTS) is 3. The van der Waals surface area contributed by atoms with Gasteiger partial charge in [0.2, 0.25) is 17.3 Å². The molecule has 3 aromatic heterocycles. The van der Waals surface area contributed by atoms with E-state index in [1.165, 1.54) is 36.4 Å². The second-order valence-electron chi connectivity index (χ2n) is 6.21. The summed E-state index contributed by atoms with van der Waals surface area (Å²) in [4.78, 5) is 33.4. The summed E-state index contributed by atoms with van der Waals surface area (Å²) in [6.45, 7) is 0. The van der Waals surface area contributed by atoms with Gasteiger partial charge in [-0.25, -0.2) is 14.4 Å². The van der Waals surface area contributed by atoms with Gasteiger partial charge < -0.3 is 28.6 Å². The van der Waals surface area contributed by atoms with Crippen LogP contribution in [0.25, 0.3) is 34.0 Å². The Bertz CT molecular complexity index is 1120. The van der Waals surface area contributed by atoms with Crippen molar-refractivity contribution in [2.24, 2.45) is 0 Å². The molecular weight excluding hydrogens is 396 g/mol. The van der Waals surface area contributed by atoms with Gasteiger partial charge in [-0.3, -0.25) is 0 Å². The number of hydrogen-bond acceptors (Lipinski definition) is 6. The van der Waals surface area contributed by atoms with Gasteiger partial charge in [-0.2, -0.15) is 0 Å². The number of carbonyl (C=O) groups is 3. The molecule has 1 aromatic carbocycles. The first-order chi connectivity index (χ1) is 14.3. The molecule has 4 rings (SSSR count). The lowest BCUT2D eigenvalue weighted by Crippen LogP contribution is -1.92. The van der Waals surface area contributed by atoms with Crippen LogP contribution in [-0.4, -0.2) is 33.2 Å². The monoisotopic (exact) mass is 408 g/mol. The average Bonchev–Trinajstić information content (AvgIpc) is 3.48. The zero-order chi connectivity index (χ0) is 21.4. The summed E-state index contributed by atoms with van der Waals surface area (Å²) in [5.74, 6) is -3.73. The Labute approximate surface area is 167 Å². The number of hydrogen-bond donors (Lipinski definition) is 3. The van der Waals surface area contributed by atoms with Crippen molar-refractivity contribution in [2.45, 2.75) is 0 Å². The van der Waals surface area contributed by atoms with Crippen molar-refractivity contribution in [3.05, 3.63) is 71.9 Å². The van der Waals surface area contributed by atoms with Crippen LogP contribution in [0.15, 0.2) is 67.8 Å². The van der Waals surface area contributed by atoms with Gasteiger partial charge >= 0.3 is 17.9 Å². The number of rotatable bonds is 6. The standard InChI is InChI=1S/C21H12O9/c22-19(23)16-4-1-13(28-16)10-7-11(14-2-5-17(29-14)20(24)25)9-12(8-10)15-3-6-18(30-15)21(26)27/h1-9H,(H,22,23)(H,24,25)(H,26,27). The lowest BCUT2D eigenvalue weighted by atomic mass is 10.0. The van der Waals surface area contributed by atoms with Crippen molar-refractivity contribution in [1.82, 2.24) is 0 Å². The Morgan fingerprint density at radius 2 is 0.767 bits per heavy atom. The van der Waals surface area contributed by atoms with Gasteiger partial charge in [-0.05, 0) is 54.6 Å². The normalized spacial score (nSPS) is 10.8. The van der Waals surface area contributed by atoms with E-state index in [9.17, 15) is 14.4 Å². The molecule has 9 nitrogen and oxygen atoms in total. The first kappa shape index (κ1) is 18.8. The zero-order valence-corrected chi connectivity index (χ0v) is 15.0. The van der Waals surface area contributed by atoms with Crippen molar-refractivity contribution in [2.75, 3.05) is 0 Å². The third-order valence-electron chi connectivity index (χ3n) is 4.24. The minimum atomic E-state index is -1.23. The summed E-state index contributed by atoms with van der Waals surface area (Å²) in [6, 6.07) is 13.2. The van der Waals surface area contributed by atoms with Crippen molar-refractivity contribution in [3.8, 4) is 34.0 Å². The number of aromatic carboxylic acids is 3. The quantitative estimate of drug-likeness (QED) is 0.417. The Kier molecular flexibility index (Phi) is 4.47. The first-order valence-electron chi connectivity index (χ1n) is 8.47.